The molecule has 0 aliphatic rings. The summed E-state index contributed by atoms with van der Waals surface area (Å²) in [5.74, 6) is -0.600. The molecule has 0 aromatic heterocycles. The van der Waals surface area contributed by atoms with E-state index in [-0.39, 0.29) is 42.2 Å². The van der Waals surface area contributed by atoms with E-state index in [1.165, 1.54) is 13.2 Å². The molecule has 0 spiro atoms. The molecule has 226 valence electrons. The zero-order chi connectivity index (χ0) is 30.1. The van der Waals surface area contributed by atoms with E-state index in [0.717, 1.165) is 12.8 Å². The number of hydrogen-bond acceptors (Lipinski definition) is 10. The van der Waals surface area contributed by atoms with Crippen LogP contribution in [0.15, 0.2) is 18.2 Å². The third kappa shape index (κ3) is 12.9. The van der Waals surface area contributed by atoms with E-state index >= 15 is 0 Å². The SMILES string of the molecule is CC[C@H](C)[C@H](NC(=O)CCCCCN)C(=O)Oc1ccc(C(CNC(=O)CCS)OC(=O)NC(C)N)cc1OC. The number of thiol groups is 1. The Bertz CT molecular complexity index is 963. The quantitative estimate of drug-likeness (QED) is 0.0495. The van der Waals surface area contributed by atoms with Crippen molar-refractivity contribution in [2.75, 3.05) is 26.0 Å². The molecule has 7 N–H and O–H groups in total. The molecule has 0 heterocycles. The first kappa shape index (κ1) is 35.0. The van der Waals surface area contributed by atoms with E-state index in [4.69, 9.17) is 25.7 Å². The molecular weight excluding hydrogens is 538 g/mol. The molecule has 0 bridgehead atoms. The van der Waals surface area contributed by atoms with Crippen molar-refractivity contribution in [2.45, 2.75) is 77.6 Å². The molecule has 40 heavy (non-hydrogen) atoms. The van der Waals surface area contributed by atoms with E-state index < -0.39 is 30.4 Å². The number of methoxy groups -OCH3 is 1. The highest BCUT2D eigenvalue weighted by Gasteiger charge is 2.29. The standard InChI is InChI=1S/C27H45N5O7S/c1-5-17(2)25(32-24(34)9-7-6-8-13-28)26(35)38-20-11-10-19(15-21(20)37-4)22(16-30-23(33)12-14-40)39-27(36)31-18(3)29/h10-11,15,17-18,22,25,40H,5-9,12-14,16,28-29H2,1-4H3,(H,30,33)(H,31,36)(H,32,34)/t17-,18?,22?,25-/m0/s1. The number of nitrogens with two attached hydrogens (primary N) is 2. The van der Waals surface area contributed by atoms with Crippen LogP contribution in [-0.2, 0) is 19.1 Å². The molecule has 0 radical (unpaired) electrons. The summed E-state index contributed by atoms with van der Waals surface area (Å²) in [5, 5.41) is 7.94. The molecule has 2 unspecified atom stereocenters. The normalized spacial score (nSPS) is 13.8. The average molecular weight is 584 g/mol. The van der Waals surface area contributed by atoms with Gasteiger partial charge in [-0.1, -0.05) is 32.8 Å². The molecule has 4 atom stereocenters. The Morgan fingerprint density at radius 1 is 1.00 bits per heavy atom. The lowest BCUT2D eigenvalue weighted by atomic mass is 9.99. The van der Waals surface area contributed by atoms with Crippen LogP contribution in [0.5, 0.6) is 11.5 Å². The summed E-state index contributed by atoms with van der Waals surface area (Å²) in [5.41, 5.74) is 11.6. The van der Waals surface area contributed by atoms with Gasteiger partial charge in [-0.2, -0.15) is 12.6 Å². The number of nitrogens with one attached hydrogen (secondary N) is 3. The van der Waals surface area contributed by atoms with Gasteiger partial charge in [-0.15, -0.1) is 0 Å². The number of hydrogen-bond donors (Lipinski definition) is 6. The minimum absolute atomic E-state index is 0.0192. The Balaban J connectivity index is 3.10. The van der Waals surface area contributed by atoms with Crippen LogP contribution in [0.4, 0.5) is 4.79 Å². The van der Waals surface area contributed by atoms with Crippen LogP contribution < -0.4 is 36.9 Å². The van der Waals surface area contributed by atoms with Crippen molar-refractivity contribution in [3.63, 3.8) is 0 Å². The lowest BCUT2D eigenvalue weighted by Gasteiger charge is -2.24. The molecule has 1 aromatic carbocycles. The van der Waals surface area contributed by atoms with Crippen molar-refractivity contribution in [1.29, 1.82) is 0 Å². The fourth-order valence-electron chi connectivity index (χ4n) is 3.64. The second-order valence-corrected chi connectivity index (χ2v) is 9.91. The highest BCUT2D eigenvalue weighted by molar-refractivity contribution is 7.80. The lowest BCUT2D eigenvalue weighted by Crippen LogP contribution is -2.47. The van der Waals surface area contributed by atoms with E-state index in [2.05, 4.69) is 28.6 Å². The topological polar surface area (TPSA) is 184 Å². The zero-order valence-corrected chi connectivity index (χ0v) is 24.8. The van der Waals surface area contributed by atoms with Gasteiger partial charge in [0.05, 0.1) is 19.8 Å². The zero-order valence-electron chi connectivity index (χ0n) is 23.9. The highest BCUT2D eigenvalue weighted by Crippen LogP contribution is 2.32. The number of carbonyl (C=O) groups is 4. The van der Waals surface area contributed by atoms with Crippen LogP contribution in [0.25, 0.3) is 0 Å². The number of carbonyl (C=O) groups excluding carboxylic acids is 4. The number of benzene rings is 1. The van der Waals surface area contributed by atoms with E-state index in [1.807, 2.05) is 13.8 Å². The fourth-order valence-corrected chi connectivity index (χ4v) is 3.84. The van der Waals surface area contributed by atoms with Crippen LogP contribution in [0.2, 0.25) is 0 Å². The summed E-state index contributed by atoms with van der Waals surface area (Å²) < 4.78 is 16.6. The number of unbranched alkanes of at least 4 members (excludes halogenated alkanes) is 2. The Morgan fingerprint density at radius 2 is 1.73 bits per heavy atom. The highest BCUT2D eigenvalue weighted by atomic mass is 32.1. The first-order chi connectivity index (χ1) is 19.1. The van der Waals surface area contributed by atoms with Gasteiger partial charge in [0.25, 0.3) is 0 Å². The second-order valence-electron chi connectivity index (χ2n) is 9.47. The van der Waals surface area contributed by atoms with Crippen molar-refractivity contribution in [3.05, 3.63) is 23.8 Å². The maximum atomic E-state index is 13.1. The second kappa shape index (κ2) is 19.1. The van der Waals surface area contributed by atoms with Gasteiger partial charge in [-0.05, 0) is 55.7 Å². The van der Waals surface area contributed by atoms with Crippen molar-refractivity contribution >= 4 is 36.5 Å². The van der Waals surface area contributed by atoms with Gasteiger partial charge < -0.3 is 41.6 Å². The average Bonchev–Trinajstić information content (AvgIpc) is 2.91. The number of alkyl carbamates (subject to hydrolysis) is 1. The summed E-state index contributed by atoms with van der Waals surface area (Å²) in [7, 11) is 1.40. The number of rotatable bonds is 18. The van der Waals surface area contributed by atoms with Crippen molar-refractivity contribution < 1.29 is 33.4 Å². The number of esters is 1. The first-order valence-corrected chi connectivity index (χ1v) is 14.2. The fraction of sp³-hybridized carbons (Fsp3) is 0.630. The molecule has 1 aromatic rings. The lowest BCUT2D eigenvalue weighted by molar-refractivity contribution is -0.141. The Hall–Kier alpha value is -3.03. The van der Waals surface area contributed by atoms with E-state index in [0.29, 0.717) is 37.1 Å². The number of amides is 3. The molecule has 1 rings (SSSR count). The molecule has 3 amide bonds. The molecule has 13 heteroatoms. The predicted octanol–water partition coefficient (Wildman–Crippen LogP) is 2.16. The van der Waals surface area contributed by atoms with Crippen molar-refractivity contribution in [2.24, 2.45) is 17.4 Å². The molecule has 0 saturated heterocycles. The Kier molecular flexibility index (Phi) is 16.7. The van der Waals surface area contributed by atoms with Crippen molar-refractivity contribution in [3.8, 4) is 11.5 Å². The third-order valence-electron chi connectivity index (χ3n) is 6.08. The van der Waals surface area contributed by atoms with Crippen LogP contribution in [0, 0.1) is 5.92 Å². The maximum absolute atomic E-state index is 13.1. The largest absolute Gasteiger partial charge is 0.493 e. The molecular formula is C27H45N5O7S. The smallest absolute Gasteiger partial charge is 0.409 e. The monoisotopic (exact) mass is 583 g/mol. The van der Waals surface area contributed by atoms with Crippen LogP contribution in [-0.4, -0.2) is 62.0 Å². The van der Waals surface area contributed by atoms with Gasteiger partial charge in [0, 0.05) is 12.8 Å². The van der Waals surface area contributed by atoms with Crippen LogP contribution >= 0.6 is 12.6 Å². The molecule has 0 fully saturated rings. The molecule has 0 saturated carbocycles. The Labute approximate surface area is 242 Å². The van der Waals surface area contributed by atoms with E-state index in [9.17, 15) is 19.2 Å². The predicted molar refractivity (Wildman–Crippen MR) is 155 cm³/mol. The molecule has 0 aliphatic heterocycles. The summed E-state index contributed by atoms with van der Waals surface area (Å²) >= 11 is 4.05. The maximum Gasteiger partial charge on any atom is 0.409 e. The van der Waals surface area contributed by atoms with Gasteiger partial charge in [-0.25, -0.2) is 9.59 Å². The molecule has 0 aliphatic carbocycles. The van der Waals surface area contributed by atoms with Gasteiger partial charge in [0.2, 0.25) is 11.8 Å². The minimum atomic E-state index is -0.896. The number of ether oxygens (including phenoxy) is 3. The summed E-state index contributed by atoms with van der Waals surface area (Å²) in [6.45, 7) is 5.91. The van der Waals surface area contributed by atoms with Crippen LogP contribution in [0.3, 0.4) is 0 Å². The Morgan fingerprint density at radius 3 is 2.33 bits per heavy atom. The molecule has 12 nitrogen and oxygen atoms in total. The van der Waals surface area contributed by atoms with Gasteiger partial charge in [0.1, 0.15) is 12.1 Å². The summed E-state index contributed by atoms with van der Waals surface area (Å²) in [6, 6.07) is 3.79. The summed E-state index contributed by atoms with van der Waals surface area (Å²) in [4.78, 5) is 49.9. The van der Waals surface area contributed by atoms with Gasteiger partial charge in [-0.3, -0.25) is 9.59 Å². The summed E-state index contributed by atoms with van der Waals surface area (Å²) in [6.07, 6.45) is 1.18. The third-order valence-corrected chi connectivity index (χ3v) is 6.30. The van der Waals surface area contributed by atoms with Gasteiger partial charge in [0.15, 0.2) is 11.5 Å². The van der Waals surface area contributed by atoms with Crippen LogP contribution in [0.1, 0.15) is 71.0 Å². The van der Waals surface area contributed by atoms with E-state index in [1.54, 1.807) is 19.1 Å². The minimum Gasteiger partial charge on any atom is -0.493 e. The van der Waals surface area contributed by atoms with Crippen molar-refractivity contribution in [1.82, 2.24) is 16.0 Å². The van der Waals surface area contributed by atoms with Gasteiger partial charge >= 0.3 is 12.1 Å². The first-order valence-electron chi connectivity index (χ1n) is 13.5.